The van der Waals surface area contributed by atoms with Gasteiger partial charge in [-0.3, -0.25) is 0 Å². The Morgan fingerprint density at radius 2 is 1.45 bits per heavy atom. The minimum atomic E-state index is 0.206. The SMILES string of the molecule is Oc1ccc(-c2nnc(-c3cccc4ccccc34)o2)cc1. The van der Waals surface area contributed by atoms with Gasteiger partial charge in [0.2, 0.25) is 11.8 Å². The van der Waals surface area contributed by atoms with Crippen LogP contribution < -0.4 is 0 Å². The van der Waals surface area contributed by atoms with Gasteiger partial charge in [-0.25, -0.2) is 0 Å². The van der Waals surface area contributed by atoms with Gasteiger partial charge in [0, 0.05) is 11.1 Å². The lowest BCUT2D eigenvalue weighted by molar-refractivity contribution is 0.475. The third kappa shape index (κ3) is 2.11. The fourth-order valence-electron chi connectivity index (χ4n) is 2.46. The Labute approximate surface area is 126 Å². The van der Waals surface area contributed by atoms with E-state index in [9.17, 15) is 5.11 Å². The molecule has 0 aliphatic carbocycles. The van der Waals surface area contributed by atoms with Crippen molar-refractivity contribution in [2.45, 2.75) is 0 Å². The Bertz CT molecular complexity index is 937. The summed E-state index contributed by atoms with van der Waals surface area (Å²) in [4.78, 5) is 0. The second-order valence-corrected chi connectivity index (χ2v) is 4.99. The van der Waals surface area contributed by atoms with Crippen LogP contribution in [-0.2, 0) is 0 Å². The van der Waals surface area contributed by atoms with E-state index in [-0.39, 0.29) is 5.75 Å². The third-order valence-electron chi connectivity index (χ3n) is 3.56. The number of hydrogen-bond donors (Lipinski definition) is 1. The quantitative estimate of drug-likeness (QED) is 0.598. The predicted molar refractivity (Wildman–Crippen MR) is 84.3 cm³/mol. The van der Waals surface area contributed by atoms with Crippen molar-refractivity contribution < 1.29 is 9.52 Å². The number of phenols is 1. The van der Waals surface area contributed by atoms with Crippen molar-refractivity contribution in [1.82, 2.24) is 10.2 Å². The van der Waals surface area contributed by atoms with E-state index in [4.69, 9.17) is 4.42 Å². The average Bonchev–Trinajstić information content (AvgIpc) is 3.05. The van der Waals surface area contributed by atoms with E-state index in [2.05, 4.69) is 22.3 Å². The molecule has 0 atom stereocenters. The summed E-state index contributed by atoms with van der Waals surface area (Å²) in [5.41, 5.74) is 1.69. The van der Waals surface area contributed by atoms with E-state index < -0.39 is 0 Å². The molecule has 4 rings (SSSR count). The summed E-state index contributed by atoms with van der Waals surface area (Å²) in [6, 6.07) is 20.8. The molecule has 4 heteroatoms. The van der Waals surface area contributed by atoms with Gasteiger partial charge in [-0.15, -0.1) is 10.2 Å². The van der Waals surface area contributed by atoms with Crippen LogP contribution in [0.15, 0.2) is 71.1 Å². The zero-order valence-electron chi connectivity index (χ0n) is 11.6. The number of benzene rings is 3. The van der Waals surface area contributed by atoms with Crippen molar-refractivity contribution in [3.63, 3.8) is 0 Å². The lowest BCUT2D eigenvalue weighted by atomic mass is 10.0. The maximum absolute atomic E-state index is 9.34. The standard InChI is InChI=1S/C18H12N2O2/c21-14-10-8-13(9-11-14)17-19-20-18(22-17)16-7-3-5-12-4-1-2-6-15(12)16/h1-11,21H. The Kier molecular flexibility index (Phi) is 2.86. The number of hydrogen-bond acceptors (Lipinski definition) is 4. The molecule has 3 aromatic carbocycles. The van der Waals surface area contributed by atoms with Gasteiger partial charge in [-0.05, 0) is 41.1 Å². The Balaban J connectivity index is 1.82. The number of fused-ring (bicyclic) bond motifs is 1. The van der Waals surface area contributed by atoms with Gasteiger partial charge in [0.05, 0.1) is 0 Å². The molecule has 0 unspecified atom stereocenters. The second kappa shape index (κ2) is 5.00. The molecule has 106 valence electrons. The molecule has 0 saturated carbocycles. The van der Waals surface area contributed by atoms with Gasteiger partial charge in [0.25, 0.3) is 0 Å². The first-order valence-electron chi connectivity index (χ1n) is 6.92. The first-order valence-corrected chi connectivity index (χ1v) is 6.92. The van der Waals surface area contributed by atoms with Crippen molar-refractivity contribution >= 4 is 10.8 Å². The van der Waals surface area contributed by atoms with Crippen molar-refractivity contribution in [3.8, 4) is 28.7 Å². The molecule has 0 bridgehead atoms. The topological polar surface area (TPSA) is 59.2 Å². The third-order valence-corrected chi connectivity index (χ3v) is 3.56. The molecule has 1 heterocycles. The van der Waals surface area contributed by atoms with Crippen LogP contribution in [0.4, 0.5) is 0 Å². The van der Waals surface area contributed by atoms with Gasteiger partial charge < -0.3 is 9.52 Å². The lowest BCUT2D eigenvalue weighted by Gasteiger charge is -2.01. The van der Waals surface area contributed by atoms with Gasteiger partial charge in [0.1, 0.15) is 5.75 Å². The summed E-state index contributed by atoms with van der Waals surface area (Å²) in [5.74, 6) is 1.13. The van der Waals surface area contributed by atoms with Crippen LogP contribution in [0, 0.1) is 0 Å². The van der Waals surface area contributed by atoms with E-state index in [0.717, 1.165) is 21.9 Å². The van der Waals surface area contributed by atoms with Gasteiger partial charge in [0.15, 0.2) is 0 Å². The normalized spacial score (nSPS) is 10.9. The fourth-order valence-corrected chi connectivity index (χ4v) is 2.46. The first kappa shape index (κ1) is 12.6. The summed E-state index contributed by atoms with van der Waals surface area (Å²) in [6.07, 6.45) is 0. The predicted octanol–water partition coefficient (Wildman–Crippen LogP) is 4.26. The number of nitrogens with zero attached hydrogens (tertiary/aromatic N) is 2. The van der Waals surface area contributed by atoms with Crippen LogP contribution in [0.2, 0.25) is 0 Å². The Morgan fingerprint density at radius 3 is 2.32 bits per heavy atom. The molecule has 0 saturated heterocycles. The number of aromatic hydroxyl groups is 1. The molecule has 22 heavy (non-hydrogen) atoms. The molecule has 4 aromatic rings. The average molecular weight is 288 g/mol. The lowest BCUT2D eigenvalue weighted by Crippen LogP contribution is -1.81. The highest BCUT2D eigenvalue weighted by Gasteiger charge is 2.12. The maximum atomic E-state index is 9.34. The summed E-state index contributed by atoms with van der Waals surface area (Å²) >= 11 is 0. The van der Waals surface area contributed by atoms with E-state index >= 15 is 0 Å². The number of aromatic nitrogens is 2. The number of phenolic OH excluding ortho intramolecular Hbond substituents is 1. The van der Waals surface area contributed by atoms with Crippen molar-refractivity contribution in [1.29, 1.82) is 0 Å². The molecule has 0 fully saturated rings. The summed E-state index contributed by atoms with van der Waals surface area (Å²) in [6.45, 7) is 0. The van der Waals surface area contributed by atoms with E-state index in [1.165, 1.54) is 0 Å². The summed E-state index contributed by atoms with van der Waals surface area (Å²) in [7, 11) is 0. The van der Waals surface area contributed by atoms with Crippen molar-refractivity contribution in [2.24, 2.45) is 0 Å². The second-order valence-electron chi connectivity index (χ2n) is 4.99. The largest absolute Gasteiger partial charge is 0.508 e. The van der Waals surface area contributed by atoms with Crippen LogP contribution >= 0.6 is 0 Å². The zero-order chi connectivity index (χ0) is 14.9. The van der Waals surface area contributed by atoms with E-state index in [0.29, 0.717) is 11.8 Å². The number of rotatable bonds is 2. The summed E-state index contributed by atoms with van der Waals surface area (Å²) < 4.78 is 5.80. The molecule has 0 aliphatic rings. The maximum Gasteiger partial charge on any atom is 0.248 e. The van der Waals surface area contributed by atoms with Crippen LogP contribution in [0.1, 0.15) is 0 Å². The molecule has 0 spiro atoms. The van der Waals surface area contributed by atoms with Crippen LogP contribution in [0.25, 0.3) is 33.7 Å². The highest BCUT2D eigenvalue weighted by Crippen LogP contribution is 2.30. The molecule has 0 amide bonds. The molecule has 0 radical (unpaired) electrons. The molecule has 1 aromatic heterocycles. The minimum absolute atomic E-state index is 0.206. The highest BCUT2D eigenvalue weighted by molar-refractivity contribution is 5.94. The van der Waals surface area contributed by atoms with Crippen molar-refractivity contribution in [3.05, 3.63) is 66.7 Å². The van der Waals surface area contributed by atoms with Crippen LogP contribution in [-0.4, -0.2) is 15.3 Å². The Hall–Kier alpha value is -3.14. The zero-order valence-corrected chi connectivity index (χ0v) is 11.6. The molecule has 0 aliphatic heterocycles. The Morgan fingerprint density at radius 1 is 0.727 bits per heavy atom. The minimum Gasteiger partial charge on any atom is -0.508 e. The van der Waals surface area contributed by atoms with Gasteiger partial charge >= 0.3 is 0 Å². The van der Waals surface area contributed by atoms with E-state index in [1.807, 2.05) is 30.3 Å². The van der Waals surface area contributed by atoms with Crippen molar-refractivity contribution in [2.75, 3.05) is 0 Å². The smallest absolute Gasteiger partial charge is 0.248 e. The molecular formula is C18H12N2O2. The molecular weight excluding hydrogens is 276 g/mol. The monoisotopic (exact) mass is 288 g/mol. The van der Waals surface area contributed by atoms with Crippen LogP contribution in [0.3, 0.4) is 0 Å². The first-order chi connectivity index (χ1) is 10.8. The fraction of sp³-hybridized carbons (Fsp3) is 0. The van der Waals surface area contributed by atoms with Gasteiger partial charge in [-0.1, -0.05) is 36.4 Å². The van der Waals surface area contributed by atoms with Crippen LogP contribution in [0.5, 0.6) is 5.75 Å². The highest BCUT2D eigenvalue weighted by atomic mass is 16.4. The molecule has 4 nitrogen and oxygen atoms in total. The summed E-state index contributed by atoms with van der Waals surface area (Å²) in [5, 5.41) is 19.8. The van der Waals surface area contributed by atoms with Gasteiger partial charge in [-0.2, -0.15) is 0 Å². The van der Waals surface area contributed by atoms with E-state index in [1.54, 1.807) is 24.3 Å². The molecule has 1 N–H and O–H groups in total.